The van der Waals surface area contributed by atoms with Crippen molar-refractivity contribution in [2.75, 3.05) is 33.8 Å². The molecule has 1 rings (SSSR count). The molecule has 0 N–H and O–H groups in total. The first-order chi connectivity index (χ1) is 7.53. The van der Waals surface area contributed by atoms with Crippen LogP contribution in [0.1, 0.15) is 19.3 Å². The zero-order valence-corrected chi connectivity index (χ0v) is 10.1. The standard InChI is InChI=1S/C12H20NO3/c1-4-8-13(2,3)10-11(14)16-12-7-5-6-9-15-12/h1,12H,5-10H2,2-3H3/q+1. The van der Waals surface area contributed by atoms with E-state index in [1.54, 1.807) is 0 Å². The smallest absolute Gasteiger partial charge is 0.364 e. The summed E-state index contributed by atoms with van der Waals surface area (Å²) >= 11 is 0. The summed E-state index contributed by atoms with van der Waals surface area (Å²) in [5.41, 5.74) is 0. The van der Waals surface area contributed by atoms with E-state index in [9.17, 15) is 4.79 Å². The third kappa shape index (κ3) is 4.65. The Bertz CT molecular complexity index is 274. The summed E-state index contributed by atoms with van der Waals surface area (Å²) in [6.45, 7) is 1.48. The highest BCUT2D eigenvalue weighted by Crippen LogP contribution is 2.14. The lowest BCUT2D eigenvalue weighted by Gasteiger charge is -2.28. The van der Waals surface area contributed by atoms with E-state index >= 15 is 0 Å². The highest BCUT2D eigenvalue weighted by molar-refractivity contribution is 5.70. The van der Waals surface area contributed by atoms with Gasteiger partial charge in [0.1, 0.15) is 6.54 Å². The number of ether oxygens (including phenoxy) is 2. The van der Waals surface area contributed by atoms with Gasteiger partial charge in [0.2, 0.25) is 6.29 Å². The zero-order chi connectivity index (χ0) is 12.0. The number of esters is 1. The first-order valence-corrected chi connectivity index (χ1v) is 5.60. The average molecular weight is 226 g/mol. The SMILES string of the molecule is C#CC[N+](C)(C)CC(=O)OC1CCCCO1. The molecule has 1 aliphatic heterocycles. The molecule has 1 unspecified atom stereocenters. The Hall–Kier alpha value is -1.05. The van der Waals surface area contributed by atoms with Crippen molar-refractivity contribution in [1.82, 2.24) is 0 Å². The number of carbonyl (C=O) groups excluding carboxylic acids is 1. The maximum absolute atomic E-state index is 11.6. The van der Waals surface area contributed by atoms with Gasteiger partial charge in [0, 0.05) is 6.42 Å². The maximum Gasteiger partial charge on any atom is 0.364 e. The largest absolute Gasteiger partial charge is 0.432 e. The van der Waals surface area contributed by atoms with Gasteiger partial charge in [-0.05, 0) is 18.8 Å². The van der Waals surface area contributed by atoms with Crippen LogP contribution in [0.5, 0.6) is 0 Å². The molecule has 0 aromatic carbocycles. The molecule has 1 aliphatic rings. The molecule has 0 aromatic heterocycles. The summed E-state index contributed by atoms with van der Waals surface area (Å²) in [6.07, 6.45) is 7.78. The lowest BCUT2D eigenvalue weighted by molar-refractivity contribution is -0.875. The summed E-state index contributed by atoms with van der Waals surface area (Å²) in [5, 5.41) is 0. The zero-order valence-electron chi connectivity index (χ0n) is 10.1. The number of carbonyl (C=O) groups is 1. The molecule has 0 spiro atoms. The molecule has 0 amide bonds. The van der Waals surface area contributed by atoms with Crippen LogP contribution in [0.25, 0.3) is 0 Å². The van der Waals surface area contributed by atoms with E-state index < -0.39 is 0 Å². The first-order valence-electron chi connectivity index (χ1n) is 5.60. The monoisotopic (exact) mass is 226 g/mol. The van der Waals surface area contributed by atoms with Gasteiger partial charge in [-0.2, -0.15) is 0 Å². The summed E-state index contributed by atoms with van der Waals surface area (Å²) in [4.78, 5) is 11.6. The Morgan fingerprint density at radius 3 is 2.88 bits per heavy atom. The first kappa shape index (κ1) is 13.0. The van der Waals surface area contributed by atoms with Crippen LogP contribution in [0, 0.1) is 12.3 Å². The van der Waals surface area contributed by atoms with Crippen molar-refractivity contribution in [3.05, 3.63) is 0 Å². The topological polar surface area (TPSA) is 35.5 Å². The number of hydrogen-bond donors (Lipinski definition) is 0. The van der Waals surface area contributed by atoms with E-state index in [-0.39, 0.29) is 18.8 Å². The van der Waals surface area contributed by atoms with E-state index in [0.29, 0.717) is 17.6 Å². The molecule has 0 saturated carbocycles. The summed E-state index contributed by atoms with van der Waals surface area (Å²) < 4.78 is 11.0. The number of likely N-dealkylation sites (N-methyl/N-ethyl adjacent to an activating group) is 1. The van der Waals surface area contributed by atoms with E-state index in [1.165, 1.54) is 0 Å². The highest BCUT2D eigenvalue weighted by atomic mass is 16.7. The van der Waals surface area contributed by atoms with E-state index in [0.717, 1.165) is 19.3 Å². The molecule has 4 heteroatoms. The van der Waals surface area contributed by atoms with E-state index in [1.807, 2.05) is 14.1 Å². The lowest BCUT2D eigenvalue weighted by Crippen LogP contribution is -2.45. The molecule has 0 radical (unpaired) electrons. The molecule has 0 aliphatic carbocycles. The van der Waals surface area contributed by atoms with E-state index in [4.69, 9.17) is 15.9 Å². The van der Waals surface area contributed by atoms with Gasteiger partial charge in [0.05, 0.1) is 20.7 Å². The van der Waals surface area contributed by atoms with Crippen LogP contribution < -0.4 is 0 Å². The molecular formula is C12H20NO3+. The van der Waals surface area contributed by atoms with Gasteiger partial charge in [-0.3, -0.25) is 0 Å². The van der Waals surface area contributed by atoms with Crippen molar-refractivity contribution in [2.45, 2.75) is 25.6 Å². The van der Waals surface area contributed by atoms with Crippen LogP contribution in [0.2, 0.25) is 0 Å². The van der Waals surface area contributed by atoms with Gasteiger partial charge in [-0.1, -0.05) is 0 Å². The molecule has 16 heavy (non-hydrogen) atoms. The summed E-state index contributed by atoms with van der Waals surface area (Å²) in [6, 6.07) is 0. The Kier molecular flexibility index (Phi) is 4.78. The summed E-state index contributed by atoms with van der Waals surface area (Å²) in [7, 11) is 3.81. The lowest BCUT2D eigenvalue weighted by atomic mass is 10.2. The second kappa shape index (κ2) is 5.88. The fourth-order valence-corrected chi connectivity index (χ4v) is 1.64. The highest BCUT2D eigenvalue weighted by Gasteiger charge is 2.24. The van der Waals surface area contributed by atoms with Gasteiger partial charge < -0.3 is 14.0 Å². The van der Waals surface area contributed by atoms with Crippen molar-refractivity contribution >= 4 is 5.97 Å². The van der Waals surface area contributed by atoms with Crippen molar-refractivity contribution in [1.29, 1.82) is 0 Å². The molecule has 1 heterocycles. The Morgan fingerprint density at radius 1 is 1.56 bits per heavy atom. The normalized spacial score (nSPS) is 21.2. The molecular weight excluding hydrogens is 206 g/mol. The molecule has 4 nitrogen and oxygen atoms in total. The minimum absolute atomic E-state index is 0.243. The van der Waals surface area contributed by atoms with Gasteiger partial charge in [0.25, 0.3) is 0 Å². The van der Waals surface area contributed by atoms with Crippen LogP contribution in [0.3, 0.4) is 0 Å². The molecule has 1 fully saturated rings. The average Bonchev–Trinajstić information content (AvgIpc) is 2.17. The predicted molar refractivity (Wildman–Crippen MR) is 60.4 cm³/mol. The second-order valence-electron chi connectivity index (χ2n) is 4.74. The molecule has 90 valence electrons. The number of rotatable bonds is 4. The Morgan fingerprint density at radius 2 is 2.31 bits per heavy atom. The van der Waals surface area contributed by atoms with Gasteiger partial charge >= 0.3 is 5.97 Å². The van der Waals surface area contributed by atoms with Crippen molar-refractivity contribution in [3.8, 4) is 12.3 Å². The van der Waals surface area contributed by atoms with Crippen LogP contribution in [-0.2, 0) is 14.3 Å². The molecule has 0 aromatic rings. The number of terminal acetylenes is 1. The van der Waals surface area contributed by atoms with Crippen molar-refractivity contribution < 1.29 is 18.8 Å². The minimum atomic E-state index is -0.355. The Labute approximate surface area is 97.1 Å². The third-order valence-electron chi connectivity index (χ3n) is 2.48. The van der Waals surface area contributed by atoms with E-state index in [2.05, 4.69) is 5.92 Å². The van der Waals surface area contributed by atoms with Gasteiger partial charge in [0.15, 0.2) is 6.54 Å². The van der Waals surface area contributed by atoms with Crippen molar-refractivity contribution in [2.24, 2.45) is 0 Å². The fraction of sp³-hybridized carbons (Fsp3) is 0.750. The fourth-order valence-electron chi connectivity index (χ4n) is 1.64. The van der Waals surface area contributed by atoms with Crippen LogP contribution in [0.15, 0.2) is 0 Å². The van der Waals surface area contributed by atoms with Crippen LogP contribution >= 0.6 is 0 Å². The van der Waals surface area contributed by atoms with Gasteiger partial charge in [-0.15, -0.1) is 6.42 Å². The number of quaternary nitrogens is 1. The number of hydrogen-bond acceptors (Lipinski definition) is 3. The summed E-state index contributed by atoms with van der Waals surface area (Å²) in [5.74, 6) is 2.31. The minimum Gasteiger partial charge on any atom is -0.432 e. The maximum atomic E-state index is 11.6. The Balaban J connectivity index is 2.32. The predicted octanol–water partition coefficient (Wildman–Crippen LogP) is 0.766. The number of nitrogens with zero attached hydrogens (tertiary/aromatic N) is 1. The van der Waals surface area contributed by atoms with Gasteiger partial charge in [-0.25, -0.2) is 4.79 Å². The van der Waals surface area contributed by atoms with Crippen LogP contribution in [0.4, 0.5) is 0 Å². The quantitative estimate of drug-likeness (QED) is 0.403. The molecule has 0 bridgehead atoms. The molecule has 1 atom stereocenters. The third-order valence-corrected chi connectivity index (χ3v) is 2.48. The van der Waals surface area contributed by atoms with Crippen LogP contribution in [-0.4, -0.2) is 50.5 Å². The molecule has 1 saturated heterocycles. The van der Waals surface area contributed by atoms with Crippen molar-refractivity contribution in [3.63, 3.8) is 0 Å². The second-order valence-corrected chi connectivity index (χ2v) is 4.74.